The summed E-state index contributed by atoms with van der Waals surface area (Å²) in [5, 5.41) is 9.12. The number of carboxylic acids is 1. The number of hydrogen-bond acceptors (Lipinski definition) is 2. The molecule has 0 aromatic heterocycles. The van der Waals surface area contributed by atoms with Crippen LogP contribution in [0.25, 0.3) is 0 Å². The van der Waals surface area contributed by atoms with E-state index in [9.17, 15) is 4.79 Å². The van der Waals surface area contributed by atoms with Crippen molar-refractivity contribution in [3.05, 3.63) is 0 Å². The zero-order valence-electron chi connectivity index (χ0n) is 8.78. The molecule has 0 bridgehead atoms. The maximum Gasteiger partial charge on any atom is 0.320 e. The highest BCUT2D eigenvalue weighted by molar-refractivity contribution is 5.73. The highest BCUT2D eigenvalue weighted by atomic mass is 16.4. The van der Waals surface area contributed by atoms with Crippen molar-refractivity contribution in [1.82, 2.24) is 4.90 Å². The minimum absolute atomic E-state index is 0.198. The lowest BCUT2D eigenvalue weighted by atomic mass is 9.78. The van der Waals surface area contributed by atoms with Crippen molar-refractivity contribution < 1.29 is 9.90 Å². The molecule has 2 fully saturated rings. The minimum Gasteiger partial charge on any atom is -0.480 e. The normalized spacial score (nSPS) is 39.1. The Balaban J connectivity index is 2.02. The number of aliphatic carboxylic acids is 1. The van der Waals surface area contributed by atoms with E-state index in [1.807, 2.05) is 0 Å². The highest BCUT2D eigenvalue weighted by Crippen LogP contribution is 2.35. The van der Waals surface area contributed by atoms with Gasteiger partial charge < -0.3 is 5.11 Å². The molecule has 3 unspecified atom stereocenters. The summed E-state index contributed by atoms with van der Waals surface area (Å²) in [6.07, 6.45) is 5.57. The van der Waals surface area contributed by atoms with Gasteiger partial charge in [0, 0.05) is 6.04 Å². The second-order valence-electron chi connectivity index (χ2n) is 4.71. The molecular formula is C11H19NO2. The predicted molar refractivity (Wildman–Crippen MR) is 54.2 cm³/mol. The Morgan fingerprint density at radius 1 is 1.29 bits per heavy atom. The van der Waals surface area contributed by atoms with Crippen LogP contribution in [0.5, 0.6) is 0 Å². The van der Waals surface area contributed by atoms with Crippen LogP contribution in [0.1, 0.15) is 39.0 Å². The van der Waals surface area contributed by atoms with Gasteiger partial charge >= 0.3 is 5.97 Å². The van der Waals surface area contributed by atoms with Gasteiger partial charge in [0.25, 0.3) is 0 Å². The molecule has 3 heteroatoms. The number of rotatable bonds is 2. The maximum absolute atomic E-state index is 11.1. The van der Waals surface area contributed by atoms with Crippen LogP contribution in [0.3, 0.4) is 0 Å². The maximum atomic E-state index is 11.1. The van der Waals surface area contributed by atoms with Crippen LogP contribution in [0.2, 0.25) is 0 Å². The lowest BCUT2D eigenvalue weighted by Crippen LogP contribution is -2.55. The monoisotopic (exact) mass is 197 g/mol. The van der Waals surface area contributed by atoms with Gasteiger partial charge in [-0.05, 0) is 38.1 Å². The van der Waals surface area contributed by atoms with E-state index in [-0.39, 0.29) is 6.04 Å². The summed E-state index contributed by atoms with van der Waals surface area (Å²) in [5.74, 6) is 0.0822. The molecule has 0 amide bonds. The zero-order valence-corrected chi connectivity index (χ0v) is 8.78. The molecule has 1 saturated carbocycles. The molecule has 3 nitrogen and oxygen atoms in total. The first-order valence-corrected chi connectivity index (χ1v) is 5.68. The number of carboxylic acid groups (broad SMARTS) is 1. The Morgan fingerprint density at radius 3 is 2.57 bits per heavy atom. The van der Waals surface area contributed by atoms with E-state index in [1.54, 1.807) is 0 Å². The quantitative estimate of drug-likeness (QED) is 0.732. The first kappa shape index (κ1) is 9.97. The predicted octanol–water partition coefficient (Wildman–Crippen LogP) is 1.72. The van der Waals surface area contributed by atoms with E-state index in [0.29, 0.717) is 12.0 Å². The fraction of sp³-hybridized carbons (Fsp3) is 0.909. The van der Waals surface area contributed by atoms with E-state index in [4.69, 9.17) is 5.11 Å². The molecule has 1 aliphatic carbocycles. The molecule has 3 atom stereocenters. The zero-order chi connectivity index (χ0) is 10.1. The van der Waals surface area contributed by atoms with Gasteiger partial charge in [-0.3, -0.25) is 9.69 Å². The topological polar surface area (TPSA) is 40.5 Å². The number of piperidine rings is 1. The van der Waals surface area contributed by atoms with E-state index >= 15 is 0 Å². The third-order valence-electron chi connectivity index (χ3n) is 3.83. The van der Waals surface area contributed by atoms with Crippen LogP contribution in [-0.4, -0.2) is 34.6 Å². The van der Waals surface area contributed by atoms with Crippen LogP contribution in [0.15, 0.2) is 0 Å². The summed E-state index contributed by atoms with van der Waals surface area (Å²) >= 11 is 0. The molecule has 80 valence electrons. The summed E-state index contributed by atoms with van der Waals surface area (Å²) in [6.45, 7) is 3.23. The first-order chi connectivity index (χ1) is 6.70. The highest BCUT2D eigenvalue weighted by Gasteiger charge is 2.39. The van der Waals surface area contributed by atoms with Gasteiger partial charge in [-0.1, -0.05) is 13.3 Å². The molecule has 1 aliphatic heterocycles. The average molecular weight is 197 g/mol. The molecule has 2 aliphatic rings. The lowest BCUT2D eigenvalue weighted by Gasteiger charge is -2.47. The second kappa shape index (κ2) is 3.89. The van der Waals surface area contributed by atoms with Gasteiger partial charge in [-0.2, -0.15) is 0 Å². The Bertz CT molecular complexity index is 229. The third-order valence-corrected chi connectivity index (χ3v) is 3.83. The fourth-order valence-electron chi connectivity index (χ4n) is 2.76. The summed E-state index contributed by atoms with van der Waals surface area (Å²) in [6, 6.07) is 0.355. The number of hydrogen-bond donors (Lipinski definition) is 1. The van der Waals surface area contributed by atoms with Crippen molar-refractivity contribution in [2.24, 2.45) is 5.92 Å². The molecule has 2 rings (SSSR count). The minimum atomic E-state index is -0.621. The van der Waals surface area contributed by atoms with Gasteiger partial charge in [0.2, 0.25) is 0 Å². The summed E-state index contributed by atoms with van der Waals surface area (Å²) in [5.41, 5.74) is 0. The Morgan fingerprint density at radius 2 is 2.07 bits per heavy atom. The standard InChI is InChI=1S/C11H19NO2/c1-8-5-6-9(8)12-7-3-2-4-10(12)11(13)14/h8-10H,2-7H2,1H3,(H,13,14). The molecule has 0 aromatic rings. The van der Waals surface area contributed by atoms with Crippen molar-refractivity contribution in [3.8, 4) is 0 Å². The molecule has 1 heterocycles. The summed E-state index contributed by atoms with van der Waals surface area (Å²) in [7, 11) is 0. The summed E-state index contributed by atoms with van der Waals surface area (Å²) in [4.78, 5) is 13.3. The molecule has 0 spiro atoms. The second-order valence-corrected chi connectivity index (χ2v) is 4.71. The Kier molecular flexibility index (Phi) is 2.77. The molecule has 0 radical (unpaired) electrons. The van der Waals surface area contributed by atoms with E-state index in [0.717, 1.165) is 19.4 Å². The number of carbonyl (C=O) groups is 1. The third kappa shape index (κ3) is 1.65. The molecule has 1 N–H and O–H groups in total. The number of likely N-dealkylation sites (tertiary alicyclic amines) is 1. The van der Waals surface area contributed by atoms with Crippen LogP contribution < -0.4 is 0 Å². The number of nitrogens with zero attached hydrogens (tertiary/aromatic N) is 1. The largest absolute Gasteiger partial charge is 0.480 e. The molecule has 14 heavy (non-hydrogen) atoms. The Labute approximate surface area is 85.1 Å². The fourth-order valence-corrected chi connectivity index (χ4v) is 2.76. The van der Waals surface area contributed by atoms with E-state index in [1.165, 1.54) is 19.3 Å². The van der Waals surface area contributed by atoms with Crippen LogP contribution in [0.4, 0.5) is 0 Å². The smallest absolute Gasteiger partial charge is 0.320 e. The first-order valence-electron chi connectivity index (χ1n) is 5.68. The van der Waals surface area contributed by atoms with E-state index < -0.39 is 5.97 Å². The van der Waals surface area contributed by atoms with Crippen molar-refractivity contribution in [2.75, 3.05) is 6.54 Å². The molecule has 1 saturated heterocycles. The summed E-state index contributed by atoms with van der Waals surface area (Å²) < 4.78 is 0. The Hall–Kier alpha value is -0.570. The van der Waals surface area contributed by atoms with Crippen LogP contribution >= 0.6 is 0 Å². The van der Waals surface area contributed by atoms with Crippen LogP contribution in [-0.2, 0) is 4.79 Å². The lowest BCUT2D eigenvalue weighted by molar-refractivity contribution is -0.147. The van der Waals surface area contributed by atoms with Crippen molar-refractivity contribution in [1.29, 1.82) is 0 Å². The van der Waals surface area contributed by atoms with Gasteiger partial charge in [0.15, 0.2) is 0 Å². The van der Waals surface area contributed by atoms with Crippen molar-refractivity contribution in [2.45, 2.75) is 51.1 Å². The molecule has 0 aromatic carbocycles. The molecular weight excluding hydrogens is 178 g/mol. The van der Waals surface area contributed by atoms with Gasteiger partial charge in [0.05, 0.1) is 0 Å². The van der Waals surface area contributed by atoms with Gasteiger partial charge in [0.1, 0.15) is 6.04 Å². The van der Waals surface area contributed by atoms with Gasteiger partial charge in [-0.25, -0.2) is 0 Å². The van der Waals surface area contributed by atoms with E-state index in [2.05, 4.69) is 11.8 Å². The van der Waals surface area contributed by atoms with Crippen molar-refractivity contribution in [3.63, 3.8) is 0 Å². The van der Waals surface area contributed by atoms with Crippen LogP contribution in [0, 0.1) is 5.92 Å². The van der Waals surface area contributed by atoms with Crippen molar-refractivity contribution >= 4 is 5.97 Å². The SMILES string of the molecule is CC1CCC1N1CCCCC1C(=O)O. The average Bonchev–Trinajstić information content (AvgIpc) is 2.16. The van der Waals surface area contributed by atoms with Gasteiger partial charge in [-0.15, -0.1) is 0 Å².